The number of ether oxygens (including phenoxy) is 3. The third-order valence-electron chi connectivity index (χ3n) is 8.87. The topological polar surface area (TPSA) is 87.9 Å². The molecule has 1 saturated heterocycles. The zero-order valence-electron chi connectivity index (χ0n) is 29.4. The highest BCUT2D eigenvalue weighted by Crippen LogP contribution is 2.34. The van der Waals surface area contributed by atoms with Crippen molar-refractivity contribution < 1.29 is 19.0 Å². The number of pyridine rings is 1. The highest BCUT2D eigenvalue weighted by molar-refractivity contribution is 6.32. The highest BCUT2D eigenvalue weighted by atomic mass is 35.5. The molecule has 0 aliphatic carbocycles. The van der Waals surface area contributed by atoms with E-state index in [2.05, 4.69) is 59.3 Å². The minimum atomic E-state index is -0.0170. The Bertz CT molecular complexity index is 1990. The lowest BCUT2D eigenvalue weighted by molar-refractivity contribution is -0.127. The molecule has 1 fully saturated rings. The summed E-state index contributed by atoms with van der Waals surface area (Å²) in [5, 5.41) is 9.38. The molecule has 6 rings (SSSR count). The van der Waals surface area contributed by atoms with Gasteiger partial charge >= 0.3 is 0 Å². The standard InChI is InChI=1S/C43H41ClN4O4/c1-31-3-14-38(15-4-31)50-24-19-33-5-9-35(10-6-33)29-47-20-22-48(23-21-47)42(49)18-13-37-25-32(2)43(40(44)26-37)52-41-17-16-39(28-46-41)51-30-36-11-7-34(27-45)8-12-36/h3-18,25-26,28H,19-24,29-30H2,1-2H3/b18-13+. The molecule has 0 radical (unpaired) electrons. The maximum Gasteiger partial charge on any atom is 0.246 e. The van der Waals surface area contributed by atoms with Crippen molar-refractivity contribution in [3.8, 4) is 29.2 Å². The molecule has 0 unspecified atom stereocenters. The van der Waals surface area contributed by atoms with Crippen LogP contribution in [0, 0.1) is 25.2 Å². The quantitative estimate of drug-likeness (QED) is 0.113. The Morgan fingerprint density at radius 2 is 1.54 bits per heavy atom. The number of piperazine rings is 1. The number of hydrogen-bond donors (Lipinski definition) is 0. The monoisotopic (exact) mass is 712 g/mol. The number of nitriles is 1. The first kappa shape index (κ1) is 36.2. The third-order valence-corrected chi connectivity index (χ3v) is 9.15. The van der Waals surface area contributed by atoms with E-state index in [1.165, 1.54) is 16.7 Å². The molecule has 5 aromatic rings. The van der Waals surface area contributed by atoms with Gasteiger partial charge in [0.1, 0.15) is 18.1 Å². The van der Waals surface area contributed by atoms with Crippen LogP contribution in [0.4, 0.5) is 0 Å². The van der Waals surface area contributed by atoms with Crippen LogP contribution in [0.1, 0.15) is 38.9 Å². The fourth-order valence-electron chi connectivity index (χ4n) is 5.83. The number of hydrogen-bond acceptors (Lipinski definition) is 7. The van der Waals surface area contributed by atoms with Crippen molar-refractivity contribution in [2.45, 2.75) is 33.4 Å². The molecule has 1 aliphatic rings. The Morgan fingerprint density at radius 3 is 2.21 bits per heavy atom. The average molecular weight is 713 g/mol. The van der Waals surface area contributed by atoms with E-state index in [1.807, 2.05) is 42.2 Å². The second-order valence-corrected chi connectivity index (χ2v) is 13.3. The molecule has 0 saturated carbocycles. The molecule has 1 amide bonds. The van der Waals surface area contributed by atoms with Gasteiger partial charge in [-0.1, -0.05) is 65.7 Å². The van der Waals surface area contributed by atoms with E-state index in [4.69, 9.17) is 31.1 Å². The molecule has 52 heavy (non-hydrogen) atoms. The second-order valence-electron chi connectivity index (χ2n) is 12.8. The maximum atomic E-state index is 13.0. The van der Waals surface area contributed by atoms with Crippen molar-refractivity contribution in [3.63, 3.8) is 0 Å². The van der Waals surface area contributed by atoms with Gasteiger partial charge in [-0.2, -0.15) is 5.26 Å². The third kappa shape index (κ3) is 10.2. The van der Waals surface area contributed by atoms with Crippen LogP contribution in [0.3, 0.4) is 0 Å². The van der Waals surface area contributed by atoms with Crippen LogP contribution in [0.2, 0.25) is 5.02 Å². The Kier molecular flexibility index (Phi) is 12.2. The van der Waals surface area contributed by atoms with E-state index in [9.17, 15) is 4.79 Å². The number of aryl methyl sites for hydroxylation is 2. The number of halogens is 1. The van der Waals surface area contributed by atoms with E-state index in [0.717, 1.165) is 48.5 Å². The summed E-state index contributed by atoms with van der Waals surface area (Å²) >= 11 is 6.62. The molecular weight excluding hydrogens is 672 g/mol. The highest BCUT2D eigenvalue weighted by Gasteiger charge is 2.20. The normalized spacial score (nSPS) is 13.2. The summed E-state index contributed by atoms with van der Waals surface area (Å²) in [6.07, 6.45) is 5.86. The largest absolute Gasteiger partial charge is 0.493 e. The van der Waals surface area contributed by atoms with Crippen molar-refractivity contribution in [3.05, 3.63) is 153 Å². The predicted molar refractivity (Wildman–Crippen MR) is 204 cm³/mol. The van der Waals surface area contributed by atoms with Crippen LogP contribution in [0.5, 0.6) is 23.1 Å². The molecule has 9 heteroatoms. The van der Waals surface area contributed by atoms with E-state index in [0.29, 0.717) is 54.3 Å². The average Bonchev–Trinajstić information content (AvgIpc) is 3.17. The molecule has 264 valence electrons. The molecule has 1 aliphatic heterocycles. The van der Waals surface area contributed by atoms with Gasteiger partial charge in [-0.3, -0.25) is 9.69 Å². The van der Waals surface area contributed by atoms with Crippen molar-refractivity contribution in [2.75, 3.05) is 32.8 Å². The number of rotatable bonds is 13. The lowest BCUT2D eigenvalue weighted by atomic mass is 10.1. The fraction of sp³-hybridized carbons (Fsp3) is 0.233. The van der Waals surface area contributed by atoms with E-state index >= 15 is 0 Å². The maximum absolute atomic E-state index is 13.0. The Balaban J connectivity index is 0.931. The van der Waals surface area contributed by atoms with Crippen LogP contribution in [-0.2, 0) is 24.4 Å². The van der Waals surface area contributed by atoms with Gasteiger partial charge in [-0.05, 0) is 90.2 Å². The van der Waals surface area contributed by atoms with Crippen LogP contribution < -0.4 is 14.2 Å². The first-order chi connectivity index (χ1) is 25.3. The van der Waals surface area contributed by atoms with E-state index in [-0.39, 0.29) is 5.91 Å². The molecule has 1 aromatic heterocycles. The van der Waals surface area contributed by atoms with Crippen molar-refractivity contribution >= 4 is 23.6 Å². The SMILES string of the molecule is Cc1ccc(OCCc2ccc(CN3CCN(C(=O)/C=C/c4cc(C)c(Oc5ccc(OCc6ccc(C#N)cc6)cn5)c(Cl)c4)CC3)cc2)cc1. The smallest absolute Gasteiger partial charge is 0.246 e. The van der Waals surface area contributed by atoms with Gasteiger partial charge in [-0.15, -0.1) is 0 Å². The Morgan fingerprint density at radius 1 is 0.846 bits per heavy atom. The molecular formula is C43H41ClN4O4. The van der Waals surface area contributed by atoms with Gasteiger partial charge in [0.15, 0.2) is 5.75 Å². The van der Waals surface area contributed by atoms with Crippen LogP contribution in [0.15, 0.2) is 109 Å². The summed E-state index contributed by atoms with van der Waals surface area (Å²) in [5.74, 6) is 2.36. The minimum absolute atomic E-state index is 0.0170. The van der Waals surface area contributed by atoms with E-state index < -0.39 is 0 Å². The summed E-state index contributed by atoms with van der Waals surface area (Å²) in [7, 11) is 0. The van der Waals surface area contributed by atoms with Crippen molar-refractivity contribution in [1.82, 2.24) is 14.8 Å². The van der Waals surface area contributed by atoms with Crippen LogP contribution in [0.25, 0.3) is 6.08 Å². The summed E-state index contributed by atoms with van der Waals surface area (Å²) < 4.78 is 17.7. The van der Waals surface area contributed by atoms with Crippen LogP contribution >= 0.6 is 11.6 Å². The number of carbonyl (C=O) groups is 1. The number of benzene rings is 4. The van der Waals surface area contributed by atoms with Crippen molar-refractivity contribution in [2.24, 2.45) is 0 Å². The summed E-state index contributed by atoms with van der Waals surface area (Å²) in [4.78, 5) is 21.7. The zero-order valence-corrected chi connectivity index (χ0v) is 30.2. The van der Waals surface area contributed by atoms with Crippen LogP contribution in [-0.4, -0.2) is 53.5 Å². The Hall–Kier alpha value is -5.62. The number of nitrogens with zero attached hydrogens (tertiary/aromatic N) is 4. The van der Waals surface area contributed by atoms with Gasteiger partial charge in [0.25, 0.3) is 0 Å². The van der Waals surface area contributed by atoms with Crippen molar-refractivity contribution in [1.29, 1.82) is 5.26 Å². The fourth-order valence-corrected chi connectivity index (χ4v) is 6.15. The number of aromatic nitrogens is 1. The molecule has 0 bridgehead atoms. The van der Waals surface area contributed by atoms with Gasteiger partial charge < -0.3 is 19.1 Å². The summed E-state index contributed by atoms with van der Waals surface area (Å²) in [6.45, 7) is 8.83. The minimum Gasteiger partial charge on any atom is -0.493 e. The lowest BCUT2D eigenvalue weighted by Crippen LogP contribution is -2.47. The summed E-state index contributed by atoms with van der Waals surface area (Å²) in [5.41, 5.74) is 6.93. The van der Waals surface area contributed by atoms with E-state index in [1.54, 1.807) is 48.7 Å². The van der Waals surface area contributed by atoms with Gasteiger partial charge in [0.2, 0.25) is 11.8 Å². The zero-order chi connectivity index (χ0) is 36.3. The molecule has 0 spiro atoms. The molecule has 0 N–H and O–H groups in total. The van der Waals surface area contributed by atoms with Gasteiger partial charge in [-0.25, -0.2) is 4.98 Å². The second kappa shape index (κ2) is 17.5. The predicted octanol–water partition coefficient (Wildman–Crippen LogP) is 8.57. The summed E-state index contributed by atoms with van der Waals surface area (Å²) in [6, 6.07) is 33.4. The molecule has 0 atom stereocenters. The number of carbonyl (C=O) groups excluding carboxylic acids is 1. The Labute approximate surface area is 310 Å². The molecule has 4 aromatic carbocycles. The first-order valence-electron chi connectivity index (χ1n) is 17.3. The lowest BCUT2D eigenvalue weighted by Gasteiger charge is -2.34. The molecule has 2 heterocycles. The van der Waals surface area contributed by atoms with Gasteiger partial charge in [0.05, 0.1) is 29.5 Å². The van der Waals surface area contributed by atoms with Gasteiger partial charge in [0, 0.05) is 51.3 Å². The first-order valence-corrected chi connectivity index (χ1v) is 17.7. The number of amides is 1. The molecule has 8 nitrogen and oxygen atoms in total.